The van der Waals surface area contributed by atoms with Crippen molar-refractivity contribution in [1.82, 2.24) is 4.90 Å². The Kier molecular flexibility index (Phi) is 8.88. The second-order valence-corrected chi connectivity index (χ2v) is 9.85. The Morgan fingerprint density at radius 1 is 0.865 bits per heavy atom. The molecular weight excluding hydrogens is 470 g/mol. The van der Waals surface area contributed by atoms with Gasteiger partial charge in [0.05, 0.1) is 0 Å². The molecule has 3 aromatic rings. The van der Waals surface area contributed by atoms with Crippen molar-refractivity contribution in [2.75, 3.05) is 19.6 Å². The van der Waals surface area contributed by atoms with Gasteiger partial charge in [0, 0.05) is 31.1 Å². The molecule has 3 aromatic carbocycles. The zero-order valence-corrected chi connectivity index (χ0v) is 20.9. The molecule has 0 bridgehead atoms. The molecule has 1 fully saturated rings. The normalized spacial score (nSPS) is 18.1. The molecule has 4 N–H and O–H groups in total. The van der Waals surface area contributed by atoms with Crippen LogP contribution in [0.3, 0.4) is 0 Å². The maximum atomic E-state index is 15.0. The monoisotopic (exact) mass is 504 g/mol. The summed E-state index contributed by atoms with van der Waals surface area (Å²) in [4.78, 5) is 19.7. The molecule has 4 rings (SSSR count). The number of guanidine groups is 1. The Morgan fingerprint density at radius 2 is 1.49 bits per heavy atom. The molecule has 0 aromatic heterocycles. The van der Waals surface area contributed by atoms with Gasteiger partial charge in [-0.25, -0.2) is 8.78 Å². The molecule has 194 valence electrons. The average Bonchev–Trinajstić information content (AvgIpc) is 2.92. The van der Waals surface area contributed by atoms with Crippen LogP contribution in [-0.2, 0) is 0 Å². The van der Waals surface area contributed by atoms with E-state index < -0.39 is 5.92 Å². The fourth-order valence-electron chi connectivity index (χ4n) is 5.20. The maximum absolute atomic E-state index is 15.0. The van der Waals surface area contributed by atoms with Gasteiger partial charge in [-0.1, -0.05) is 48.5 Å². The molecule has 0 radical (unpaired) electrons. The third-order valence-electron chi connectivity index (χ3n) is 7.24. The summed E-state index contributed by atoms with van der Waals surface area (Å²) in [6.07, 6.45) is 3.90. The third-order valence-corrected chi connectivity index (χ3v) is 7.24. The molecule has 5 nitrogen and oxygen atoms in total. The van der Waals surface area contributed by atoms with Crippen LogP contribution >= 0.6 is 0 Å². The zero-order valence-electron chi connectivity index (χ0n) is 20.9. The number of nitrogens with two attached hydrogens (primary N) is 2. The van der Waals surface area contributed by atoms with Gasteiger partial charge in [-0.05, 0) is 79.0 Å². The highest BCUT2D eigenvalue weighted by atomic mass is 19.1. The fourth-order valence-corrected chi connectivity index (χ4v) is 5.20. The van der Waals surface area contributed by atoms with Gasteiger partial charge in [-0.15, -0.1) is 0 Å². The van der Waals surface area contributed by atoms with Crippen LogP contribution in [-0.4, -0.2) is 36.4 Å². The van der Waals surface area contributed by atoms with Crippen LogP contribution in [0.15, 0.2) is 83.9 Å². The predicted molar refractivity (Wildman–Crippen MR) is 143 cm³/mol. The summed E-state index contributed by atoms with van der Waals surface area (Å²) in [5.74, 6) is -0.365. The van der Waals surface area contributed by atoms with E-state index in [0.717, 1.165) is 31.2 Å². The number of nitrogens with zero attached hydrogens (tertiary/aromatic N) is 2. The lowest BCUT2D eigenvalue weighted by molar-refractivity contribution is 0.0699. The van der Waals surface area contributed by atoms with E-state index in [-0.39, 0.29) is 30.0 Å². The van der Waals surface area contributed by atoms with E-state index in [1.54, 1.807) is 42.5 Å². The summed E-state index contributed by atoms with van der Waals surface area (Å²) in [5, 5.41) is 0. The number of amides is 1. The lowest BCUT2D eigenvalue weighted by Gasteiger charge is -2.34. The Balaban J connectivity index is 1.59. The van der Waals surface area contributed by atoms with E-state index in [9.17, 15) is 9.18 Å². The lowest BCUT2D eigenvalue weighted by atomic mass is 9.81. The van der Waals surface area contributed by atoms with Crippen LogP contribution in [0.5, 0.6) is 0 Å². The second-order valence-electron chi connectivity index (χ2n) is 9.85. The summed E-state index contributed by atoms with van der Waals surface area (Å²) in [6.45, 7) is 1.48. The highest BCUT2D eigenvalue weighted by molar-refractivity contribution is 5.94. The first-order chi connectivity index (χ1) is 17.9. The minimum absolute atomic E-state index is 0.0910. The Bertz CT molecular complexity index is 1190. The molecular formula is C30H34F2N4O. The SMILES string of the molecule is NC(N)=NCC1CCC(CN(CC(c2ccc(F)cc2)c2ccccc2F)C(=O)c2ccccc2)CC1. The van der Waals surface area contributed by atoms with Crippen molar-refractivity contribution in [2.24, 2.45) is 28.3 Å². The van der Waals surface area contributed by atoms with Crippen molar-refractivity contribution in [2.45, 2.75) is 31.6 Å². The fraction of sp³-hybridized carbons (Fsp3) is 0.333. The topological polar surface area (TPSA) is 84.7 Å². The molecule has 0 aliphatic heterocycles. The van der Waals surface area contributed by atoms with Crippen molar-refractivity contribution in [3.63, 3.8) is 0 Å². The number of benzene rings is 3. The Morgan fingerprint density at radius 3 is 2.14 bits per heavy atom. The Labute approximate surface area is 217 Å². The van der Waals surface area contributed by atoms with Gasteiger partial charge < -0.3 is 16.4 Å². The zero-order chi connectivity index (χ0) is 26.2. The van der Waals surface area contributed by atoms with Crippen molar-refractivity contribution < 1.29 is 13.6 Å². The summed E-state index contributed by atoms with van der Waals surface area (Å²) < 4.78 is 28.7. The molecule has 7 heteroatoms. The summed E-state index contributed by atoms with van der Waals surface area (Å²) in [6, 6.07) is 21.9. The molecule has 0 heterocycles. The molecule has 1 saturated carbocycles. The second kappa shape index (κ2) is 12.5. The molecule has 0 saturated heterocycles. The minimum atomic E-state index is -0.437. The first-order valence-corrected chi connectivity index (χ1v) is 12.8. The van der Waals surface area contributed by atoms with Gasteiger partial charge in [0.2, 0.25) is 0 Å². The van der Waals surface area contributed by atoms with Gasteiger partial charge in [0.1, 0.15) is 11.6 Å². The highest BCUT2D eigenvalue weighted by Gasteiger charge is 2.29. The molecule has 1 aliphatic carbocycles. The number of rotatable bonds is 9. The van der Waals surface area contributed by atoms with Gasteiger partial charge in [0.15, 0.2) is 5.96 Å². The van der Waals surface area contributed by atoms with Crippen LogP contribution in [0.25, 0.3) is 0 Å². The van der Waals surface area contributed by atoms with Crippen molar-refractivity contribution in [3.05, 3.63) is 107 Å². The van der Waals surface area contributed by atoms with E-state index in [4.69, 9.17) is 11.5 Å². The number of hydrogen-bond acceptors (Lipinski definition) is 2. The van der Waals surface area contributed by atoms with Crippen LogP contribution < -0.4 is 11.5 Å². The number of hydrogen-bond donors (Lipinski definition) is 2. The maximum Gasteiger partial charge on any atom is 0.253 e. The van der Waals surface area contributed by atoms with Crippen LogP contribution in [0.4, 0.5) is 8.78 Å². The number of carbonyl (C=O) groups is 1. The van der Waals surface area contributed by atoms with E-state index in [1.807, 2.05) is 23.1 Å². The van der Waals surface area contributed by atoms with Crippen molar-refractivity contribution in [1.29, 1.82) is 0 Å². The van der Waals surface area contributed by atoms with Crippen molar-refractivity contribution in [3.8, 4) is 0 Å². The quantitative estimate of drug-likeness (QED) is 0.306. The summed E-state index contributed by atoms with van der Waals surface area (Å²) >= 11 is 0. The lowest BCUT2D eigenvalue weighted by Crippen LogP contribution is -2.40. The number of halogens is 2. The van der Waals surface area contributed by atoms with E-state index >= 15 is 4.39 Å². The van der Waals surface area contributed by atoms with Gasteiger partial charge >= 0.3 is 0 Å². The third kappa shape index (κ3) is 7.15. The van der Waals surface area contributed by atoms with E-state index in [2.05, 4.69) is 4.99 Å². The molecule has 1 atom stereocenters. The average molecular weight is 505 g/mol. The van der Waals surface area contributed by atoms with Crippen LogP contribution in [0, 0.1) is 23.5 Å². The highest BCUT2D eigenvalue weighted by Crippen LogP contribution is 2.33. The van der Waals surface area contributed by atoms with Gasteiger partial charge in [-0.3, -0.25) is 9.79 Å². The largest absolute Gasteiger partial charge is 0.370 e. The van der Waals surface area contributed by atoms with Crippen LogP contribution in [0.2, 0.25) is 0 Å². The molecule has 1 unspecified atom stereocenters. The van der Waals surface area contributed by atoms with E-state index in [1.165, 1.54) is 18.2 Å². The molecule has 37 heavy (non-hydrogen) atoms. The van der Waals surface area contributed by atoms with Crippen molar-refractivity contribution >= 4 is 11.9 Å². The molecule has 1 aliphatic rings. The summed E-state index contributed by atoms with van der Waals surface area (Å²) in [5.41, 5.74) is 12.8. The van der Waals surface area contributed by atoms with Gasteiger partial charge in [0.25, 0.3) is 5.91 Å². The minimum Gasteiger partial charge on any atom is -0.370 e. The van der Waals surface area contributed by atoms with Crippen LogP contribution in [0.1, 0.15) is 53.1 Å². The molecule has 0 spiro atoms. The first kappa shape index (κ1) is 26.3. The Hall–Kier alpha value is -3.74. The van der Waals surface area contributed by atoms with Gasteiger partial charge in [-0.2, -0.15) is 0 Å². The number of aliphatic imine (C=N–C) groups is 1. The predicted octanol–water partition coefficient (Wildman–Crippen LogP) is 5.32. The smallest absolute Gasteiger partial charge is 0.253 e. The molecule has 1 amide bonds. The number of carbonyl (C=O) groups excluding carboxylic acids is 1. The standard InChI is InChI=1S/C30H34F2N4O/c31-25-16-14-23(15-17-25)27(26-8-4-5-9-28(26)32)20-36(29(37)24-6-2-1-3-7-24)19-22-12-10-21(11-13-22)18-35-30(33)34/h1-9,14-17,21-22,27H,10-13,18-20H2,(H4,33,34,35). The van der Waals surface area contributed by atoms with E-state index in [0.29, 0.717) is 36.1 Å². The summed E-state index contributed by atoms with van der Waals surface area (Å²) in [7, 11) is 0. The first-order valence-electron chi connectivity index (χ1n) is 12.8.